The van der Waals surface area contributed by atoms with Gasteiger partial charge in [-0.3, -0.25) is 14.5 Å². The van der Waals surface area contributed by atoms with E-state index in [1.165, 1.54) is 6.92 Å². The number of aliphatic hydroxyl groups excluding tert-OH is 2. The maximum atomic E-state index is 12.3. The highest BCUT2D eigenvalue weighted by Gasteiger charge is 2.35. The molecule has 9 nitrogen and oxygen atoms in total. The van der Waals surface area contributed by atoms with Crippen LogP contribution in [0.1, 0.15) is 86.5 Å². The molecule has 0 unspecified atom stereocenters. The van der Waals surface area contributed by atoms with Crippen LogP contribution in [0.15, 0.2) is 48.5 Å². The molecule has 2 saturated heterocycles. The van der Waals surface area contributed by atoms with Gasteiger partial charge in [0, 0.05) is 51.0 Å². The van der Waals surface area contributed by atoms with Crippen LogP contribution in [0.2, 0.25) is 0 Å². The molecule has 0 bridgehead atoms. The predicted molar refractivity (Wildman–Crippen MR) is 156 cm³/mol. The zero-order valence-electron chi connectivity index (χ0n) is 24.1. The van der Waals surface area contributed by atoms with Crippen molar-refractivity contribution in [2.24, 2.45) is 0 Å². The molecule has 0 aliphatic carbocycles. The molecule has 2 heterocycles. The molecule has 0 saturated carbocycles. The van der Waals surface area contributed by atoms with Gasteiger partial charge in [-0.1, -0.05) is 55.0 Å². The van der Waals surface area contributed by atoms with Crippen LogP contribution in [0.3, 0.4) is 0 Å². The van der Waals surface area contributed by atoms with Crippen molar-refractivity contribution < 1.29 is 29.3 Å². The van der Waals surface area contributed by atoms with E-state index in [9.17, 15) is 19.8 Å². The summed E-state index contributed by atoms with van der Waals surface area (Å²) in [5.41, 5.74) is 3.83. The van der Waals surface area contributed by atoms with Crippen molar-refractivity contribution in [3.05, 3.63) is 70.8 Å². The van der Waals surface area contributed by atoms with E-state index in [1.54, 1.807) is 0 Å². The van der Waals surface area contributed by atoms with Crippen molar-refractivity contribution in [2.45, 2.75) is 89.6 Å². The standard InChI is InChI=1S/C32H45N3O6/c1-23(38)33-16-4-2-3-7-31(39)34-19-24-8-14-27(15-9-24)32-40-29(20-35-17-5-6-28(35)22-37)18-30(41-32)26-12-10-25(21-36)11-13-26/h8-15,28-30,32,36-37H,2-7,16-22H2,1H3,(H,33,38)(H,34,39)/t28-,29+,30-,32-/m0/s1. The lowest BCUT2D eigenvalue weighted by molar-refractivity contribution is -0.253. The summed E-state index contributed by atoms with van der Waals surface area (Å²) in [4.78, 5) is 25.5. The molecule has 4 rings (SSSR count). The zero-order valence-corrected chi connectivity index (χ0v) is 24.1. The number of unbranched alkanes of at least 4 members (excludes halogenated alkanes) is 2. The summed E-state index contributed by atoms with van der Waals surface area (Å²) in [6.45, 7) is 4.48. The summed E-state index contributed by atoms with van der Waals surface area (Å²) >= 11 is 0. The van der Waals surface area contributed by atoms with Crippen molar-refractivity contribution in [3.63, 3.8) is 0 Å². The van der Waals surface area contributed by atoms with Gasteiger partial charge in [0.1, 0.15) is 0 Å². The fraction of sp³-hybridized carbons (Fsp3) is 0.562. The molecule has 0 radical (unpaired) electrons. The van der Waals surface area contributed by atoms with Gasteiger partial charge >= 0.3 is 0 Å². The van der Waals surface area contributed by atoms with E-state index in [-0.39, 0.29) is 43.3 Å². The molecule has 2 aromatic rings. The SMILES string of the molecule is CC(=O)NCCCCCC(=O)NCc1ccc([C@H]2O[C@@H](CN3CCC[C@H]3CO)C[C@@H](c3ccc(CO)cc3)O2)cc1. The number of nitrogens with one attached hydrogen (secondary N) is 2. The Morgan fingerprint density at radius 3 is 2.37 bits per heavy atom. The Labute approximate surface area is 243 Å². The Bertz CT molecular complexity index is 1090. The van der Waals surface area contributed by atoms with E-state index in [4.69, 9.17) is 9.47 Å². The topological polar surface area (TPSA) is 120 Å². The number of hydrogen-bond acceptors (Lipinski definition) is 7. The second-order valence-electron chi connectivity index (χ2n) is 11.1. The van der Waals surface area contributed by atoms with E-state index in [2.05, 4.69) is 15.5 Å². The van der Waals surface area contributed by atoms with Crippen LogP contribution in [0.25, 0.3) is 0 Å². The molecule has 2 amide bonds. The Morgan fingerprint density at radius 2 is 1.66 bits per heavy atom. The van der Waals surface area contributed by atoms with Crippen molar-refractivity contribution in [2.75, 3.05) is 26.2 Å². The molecule has 2 fully saturated rings. The number of ether oxygens (including phenoxy) is 2. The van der Waals surface area contributed by atoms with Gasteiger partial charge in [0.25, 0.3) is 0 Å². The monoisotopic (exact) mass is 567 g/mol. The minimum atomic E-state index is -0.535. The quantitative estimate of drug-likeness (QED) is 0.258. The molecule has 2 aromatic carbocycles. The molecule has 41 heavy (non-hydrogen) atoms. The molecule has 4 N–H and O–H groups in total. The number of carbonyl (C=O) groups excluding carboxylic acids is 2. The predicted octanol–water partition coefficient (Wildman–Crippen LogP) is 3.49. The number of nitrogens with zero attached hydrogens (tertiary/aromatic N) is 1. The number of hydrogen-bond donors (Lipinski definition) is 4. The van der Waals surface area contributed by atoms with Crippen molar-refractivity contribution in [1.29, 1.82) is 0 Å². The number of rotatable bonds is 14. The minimum absolute atomic E-state index is 0.00438. The van der Waals surface area contributed by atoms with Crippen molar-refractivity contribution in [1.82, 2.24) is 15.5 Å². The number of aliphatic hydroxyl groups is 2. The van der Waals surface area contributed by atoms with Crippen LogP contribution in [-0.4, -0.2) is 65.3 Å². The maximum Gasteiger partial charge on any atom is 0.220 e. The lowest BCUT2D eigenvalue weighted by Gasteiger charge is -2.38. The van der Waals surface area contributed by atoms with Crippen LogP contribution in [0.5, 0.6) is 0 Å². The van der Waals surface area contributed by atoms with Gasteiger partial charge < -0.3 is 30.3 Å². The van der Waals surface area contributed by atoms with Crippen LogP contribution < -0.4 is 10.6 Å². The Morgan fingerprint density at radius 1 is 0.927 bits per heavy atom. The normalized spacial score (nSPS) is 22.9. The lowest BCUT2D eigenvalue weighted by Crippen LogP contribution is -2.42. The van der Waals surface area contributed by atoms with Crippen LogP contribution in [0, 0.1) is 0 Å². The minimum Gasteiger partial charge on any atom is -0.395 e. The molecular formula is C32H45N3O6. The van der Waals surface area contributed by atoms with Gasteiger partial charge in [-0.15, -0.1) is 0 Å². The van der Waals surface area contributed by atoms with Gasteiger partial charge in [-0.25, -0.2) is 0 Å². The third kappa shape index (κ3) is 9.61. The smallest absolute Gasteiger partial charge is 0.220 e. The van der Waals surface area contributed by atoms with Crippen molar-refractivity contribution in [3.8, 4) is 0 Å². The fourth-order valence-electron chi connectivity index (χ4n) is 5.57. The molecule has 9 heteroatoms. The number of likely N-dealkylation sites (tertiary alicyclic amines) is 1. The summed E-state index contributed by atoms with van der Waals surface area (Å²) in [6.07, 6.45) is 5.09. The highest BCUT2D eigenvalue weighted by molar-refractivity contribution is 5.75. The summed E-state index contributed by atoms with van der Waals surface area (Å²) in [5, 5.41) is 25.0. The van der Waals surface area contributed by atoms with E-state index in [1.807, 2.05) is 48.5 Å². The second kappa shape index (κ2) is 16.0. The fourth-order valence-corrected chi connectivity index (χ4v) is 5.57. The molecule has 2 aliphatic rings. The number of amides is 2. The molecule has 0 spiro atoms. The average molecular weight is 568 g/mol. The highest BCUT2D eigenvalue weighted by atomic mass is 16.7. The van der Waals surface area contributed by atoms with Crippen LogP contribution in [0.4, 0.5) is 0 Å². The Balaban J connectivity index is 1.33. The Hall–Kier alpha value is -2.82. The summed E-state index contributed by atoms with van der Waals surface area (Å²) < 4.78 is 12.9. The highest BCUT2D eigenvalue weighted by Crippen LogP contribution is 2.38. The van der Waals surface area contributed by atoms with Gasteiger partial charge in [-0.05, 0) is 48.9 Å². The van der Waals surface area contributed by atoms with Gasteiger partial charge in [0.05, 0.1) is 25.4 Å². The summed E-state index contributed by atoms with van der Waals surface area (Å²) in [5.74, 6) is -0.00430. The third-order valence-electron chi connectivity index (χ3n) is 7.96. The first-order chi connectivity index (χ1) is 19.9. The maximum absolute atomic E-state index is 12.3. The van der Waals surface area contributed by atoms with Crippen molar-refractivity contribution >= 4 is 11.8 Å². The first-order valence-corrected chi connectivity index (χ1v) is 14.9. The molecule has 4 atom stereocenters. The Kier molecular flexibility index (Phi) is 12.1. The number of benzene rings is 2. The van der Waals surface area contributed by atoms with Gasteiger partial charge in [-0.2, -0.15) is 0 Å². The van der Waals surface area contributed by atoms with E-state index < -0.39 is 6.29 Å². The van der Waals surface area contributed by atoms with Crippen LogP contribution >= 0.6 is 0 Å². The average Bonchev–Trinajstić information content (AvgIpc) is 3.44. The lowest BCUT2D eigenvalue weighted by atomic mass is 9.99. The van der Waals surface area contributed by atoms with Crippen LogP contribution in [-0.2, 0) is 32.2 Å². The van der Waals surface area contributed by atoms with E-state index in [0.29, 0.717) is 25.9 Å². The summed E-state index contributed by atoms with van der Waals surface area (Å²) in [7, 11) is 0. The molecular weight excluding hydrogens is 522 g/mol. The third-order valence-corrected chi connectivity index (χ3v) is 7.96. The molecule has 0 aromatic heterocycles. The molecule has 2 aliphatic heterocycles. The second-order valence-corrected chi connectivity index (χ2v) is 11.1. The first kappa shape index (κ1) is 31.1. The van der Waals surface area contributed by atoms with E-state index in [0.717, 1.165) is 67.4 Å². The van der Waals surface area contributed by atoms with E-state index >= 15 is 0 Å². The zero-order chi connectivity index (χ0) is 29.0. The largest absolute Gasteiger partial charge is 0.395 e. The summed E-state index contributed by atoms with van der Waals surface area (Å²) in [6, 6.07) is 16.0. The number of carbonyl (C=O) groups is 2. The van der Waals surface area contributed by atoms with Gasteiger partial charge in [0.15, 0.2) is 6.29 Å². The first-order valence-electron chi connectivity index (χ1n) is 14.9. The van der Waals surface area contributed by atoms with Gasteiger partial charge in [0.2, 0.25) is 11.8 Å². The molecule has 224 valence electrons.